The molecule has 0 aromatic heterocycles. The molecule has 1 unspecified atom stereocenters. The van der Waals surface area contributed by atoms with E-state index >= 15 is 0 Å². The van der Waals surface area contributed by atoms with Crippen LogP contribution >= 0.6 is 15.9 Å². The number of fused-ring (bicyclic) bond motifs is 1. The van der Waals surface area contributed by atoms with Crippen molar-refractivity contribution < 1.29 is 9.53 Å². The van der Waals surface area contributed by atoms with Crippen LogP contribution in [0.25, 0.3) is 0 Å². The van der Waals surface area contributed by atoms with Gasteiger partial charge in [0.25, 0.3) is 5.91 Å². The Morgan fingerprint density at radius 2 is 2.10 bits per heavy atom. The summed E-state index contributed by atoms with van der Waals surface area (Å²) in [5.41, 5.74) is 3.25. The zero-order valence-electron chi connectivity index (χ0n) is 11.5. The van der Waals surface area contributed by atoms with Crippen molar-refractivity contribution in [3.8, 4) is 0 Å². The largest absolute Gasteiger partial charge is 0.381 e. The molecule has 0 saturated carbocycles. The molecule has 1 atom stereocenters. The molecule has 1 saturated heterocycles. The van der Waals surface area contributed by atoms with E-state index in [2.05, 4.69) is 39.4 Å². The van der Waals surface area contributed by atoms with Crippen LogP contribution in [0.4, 0.5) is 0 Å². The first-order valence-electron chi connectivity index (χ1n) is 7.38. The number of alkyl halides is 1. The molecule has 108 valence electrons. The van der Waals surface area contributed by atoms with Crippen LogP contribution in [0, 0.1) is 5.92 Å². The van der Waals surface area contributed by atoms with E-state index in [9.17, 15) is 4.79 Å². The van der Waals surface area contributed by atoms with Crippen molar-refractivity contribution in [2.45, 2.75) is 30.5 Å². The summed E-state index contributed by atoms with van der Waals surface area (Å²) >= 11 is 3.83. The number of aryl methyl sites for hydroxylation is 1. The first-order chi connectivity index (χ1) is 9.75. The van der Waals surface area contributed by atoms with E-state index in [4.69, 9.17) is 4.74 Å². The maximum absolute atomic E-state index is 12.1. The molecule has 1 fully saturated rings. The molecular weight excluding hydrogens is 318 g/mol. The Morgan fingerprint density at radius 1 is 1.30 bits per heavy atom. The summed E-state index contributed by atoms with van der Waals surface area (Å²) in [5.74, 6) is 0.668. The van der Waals surface area contributed by atoms with Crippen LogP contribution in [0.1, 0.15) is 45.6 Å². The van der Waals surface area contributed by atoms with E-state index in [1.165, 1.54) is 11.1 Å². The third kappa shape index (κ3) is 2.91. The Hall–Kier alpha value is -0.870. The number of amides is 1. The molecule has 1 aromatic carbocycles. The second-order valence-electron chi connectivity index (χ2n) is 5.63. The quantitative estimate of drug-likeness (QED) is 0.841. The lowest BCUT2D eigenvalue weighted by molar-refractivity contribution is 0.0662. The molecule has 20 heavy (non-hydrogen) atoms. The lowest BCUT2D eigenvalue weighted by Gasteiger charge is -2.27. The van der Waals surface area contributed by atoms with Gasteiger partial charge in [-0.05, 0) is 48.8 Å². The van der Waals surface area contributed by atoms with Crippen LogP contribution in [0.2, 0.25) is 0 Å². The molecule has 0 bridgehead atoms. The molecule has 1 amide bonds. The molecule has 3 nitrogen and oxygen atoms in total. The van der Waals surface area contributed by atoms with Crippen LogP contribution in [0.3, 0.4) is 0 Å². The SMILES string of the molecule is O=C1NCCCc2ccc(C(Br)C3CCOCC3)cc21. The van der Waals surface area contributed by atoms with Crippen molar-refractivity contribution in [1.29, 1.82) is 0 Å². The van der Waals surface area contributed by atoms with Gasteiger partial charge < -0.3 is 10.1 Å². The smallest absolute Gasteiger partial charge is 0.251 e. The van der Waals surface area contributed by atoms with Gasteiger partial charge in [0, 0.05) is 30.1 Å². The van der Waals surface area contributed by atoms with Gasteiger partial charge in [-0.1, -0.05) is 28.1 Å². The molecular formula is C16H20BrNO2. The van der Waals surface area contributed by atoms with Crippen molar-refractivity contribution in [1.82, 2.24) is 5.32 Å². The molecule has 2 aliphatic rings. The molecule has 0 aliphatic carbocycles. The monoisotopic (exact) mass is 337 g/mol. The molecule has 2 heterocycles. The number of carbonyl (C=O) groups is 1. The number of hydrogen-bond donors (Lipinski definition) is 1. The highest BCUT2D eigenvalue weighted by Gasteiger charge is 2.25. The van der Waals surface area contributed by atoms with Gasteiger partial charge in [0.05, 0.1) is 0 Å². The average Bonchev–Trinajstić information content (AvgIpc) is 2.69. The van der Waals surface area contributed by atoms with E-state index in [0.717, 1.165) is 51.0 Å². The van der Waals surface area contributed by atoms with Crippen LogP contribution in [-0.4, -0.2) is 25.7 Å². The van der Waals surface area contributed by atoms with Crippen molar-refractivity contribution >= 4 is 21.8 Å². The second-order valence-corrected chi connectivity index (χ2v) is 6.61. The maximum Gasteiger partial charge on any atom is 0.251 e. The Balaban J connectivity index is 1.85. The van der Waals surface area contributed by atoms with Crippen molar-refractivity contribution in [3.05, 3.63) is 34.9 Å². The third-order valence-electron chi connectivity index (χ3n) is 4.29. The van der Waals surface area contributed by atoms with Crippen molar-refractivity contribution in [3.63, 3.8) is 0 Å². The summed E-state index contributed by atoms with van der Waals surface area (Å²) in [4.78, 5) is 12.4. The van der Waals surface area contributed by atoms with E-state index in [1.807, 2.05) is 0 Å². The fourth-order valence-corrected chi connectivity index (χ4v) is 3.87. The molecule has 1 aromatic rings. The predicted molar refractivity (Wildman–Crippen MR) is 82.3 cm³/mol. The number of ether oxygens (including phenoxy) is 1. The predicted octanol–water partition coefficient (Wildman–Crippen LogP) is 3.23. The first-order valence-corrected chi connectivity index (χ1v) is 8.30. The van der Waals surface area contributed by atoms with Gasteiger partial charge in [-0.25, -0.2) is 0 Å². The van der Waals surface area contributed by atoms with Crippen molar-refractivity contribution in [2.24, 2.45) is 5.92 Å². The van der Waals surface area contributed by atoms with Crippen LogP contribution < -0.4 is 5.32 Å². The van der Waals surface area contributed by atoms with Crippen LogP contribution in [0.15, 0.2) is 18.2 Å². The Bertz CT molecular complexity index is 497. The van der Waals surface area contributed by atoms with Gasteiger partial charge in [0.1, 0.15) is 0 Å². The summed E-state index contributed by atoms with van der Waals surface area (Å²) in [6.07, 6.45) is 4.17. The van der Waals surface area contributed by atoms with Crippen molar-refractivity contribution in [2.75, 3.05) is 19.8 Å². The second kappa shape index (κ2) is 6.27. The maximum atomic E-state index is 12.1. The summed E-state index contributed by atoms with van der Waals surface area (Å²) in [6.45, 7) is 2.47. The summed E-state index contributed by atoms with van der Waals surface area (Å²) in [7, 11) is 0. The van der Waals surface area contributed by atoms with Gasteiger partial charge in [0.2, 0.25) is 0 Å². The van der Waals surface area contributed by atoms with Crippen LogP contribution in [-0.2, 0) is 11.2 Å². The molecule has 4 heteroatoms. The number of rotatable bonds is 2. The first kappa shape index (κ1) is 14.1. The summed E-state index contributed by atoms with van der Waals surface area (Å²) < 4.78 is 5.42. The number of benzene rings is 1. The minimum Gasteiger partial charge on any atom is -0.381 e. The van der Waals surface area contributed by atoms with E-state index in [1.54, 1.807) is 0 Å². The lowest BCUT2D eigenvalue weighted by atomic mass is 9.90. The Labute approximate surface area is 128 Å². The minimum absolute atomic E-state index is 0.0750. The van der Waals surface area contributed by atoms with Gasteiger partial charge >= 0.3 is 0 Å². The zero-order chi connectivity index (χ0) is 13.9. The van der Waals surface area contributed by atoms with Gasteiger partial charge in [-0.2, -0.15) is 0 Å². The normalized spacial score (nSPS) is 21.8. The van der Waals surface area contributed by atoms with E-state index in [0.29, 0.717) is 10.7 Å². The highest BCUT2D eigenvalue weighted by Crippen LogP contribution is 2.37. The molecule has 0 radical (unpaired) electrons. The number of halogens is 1. The van der Waals surface area contributed by atoms with Gasteiger partial charge in [-0.3, -0.25) is 4.79 Å². The van der Waals surface area contributed by atoms with Gasteiger partial charge in [0.15, 0.2) is 0 Å². The average molecular weight is 338 g/mol. The van der Waals surface area contributed by atoms with E-state index in [-0.39, 0.29) is 5.91 Å². The van der Waals surface area contributed by atoms with Crippen LogP contribution in [0.5, 0.6) is 0 Å². The molecule has 2 aliphatic heterocycles. The Morgan fingerprint density at radius 3 is 2.90 bits per heavy atom. The topological polar surface area (TPSA) is 38.3 Å². The zero-order valence-corrected chi connectivity index (χ0v) is 13.1. The number of nitrogens with one attached hydrogen (secondary N) is 1. The highest BCUT2D eigenvalue weighted by atomic mass is 79.9. The third-order valence-corrected chi connectivity index (χ3v) is 5.56. The standard InChI is InChI=1S/C16H20BrNO2/c17-15(12-5-8-20-9-6-12)13-4-3-11-2-1-7-18-16(19)14(11)10-13/h3-4,10,12,15H,1-2,5-9H2,(H,18,19). The Kier molecular flexibility index (Phi) is 4.41. The minimum atomic E-state index is 0.0750. The lowest BCUT2D eigenvalue weighted by Crippen LogP contribution is -2.23. The molecule has 3 rings (SSSR count). The van der Waals surface area contributed by atoms with E-state index < -0.39 is 0 Å². The fourth-order valence-electron chi connectivity index (χ4n) is 3.05. The summed E-state index contributed by atoms with van der Waals surface area (Å²) in [5, 5.41) is 2.97. The fraction of sp³-hybridized carbons (Fsp3) is 0.562. The van der Waals surface area contributed by atoms with Gasteiger partial charge in [-0.15, -0.1) is 0 Å². The highest BCUT2D eigenvalue weighted by molar-refractivity contribution is 9.09. The molecule has 0 spiro atoms. The number of carbonyl (C=O) groups excluding carboxylic acids is 1. The number of hydrogen-bond acceptors (Lipinski definition) is 2. The molecule has 1 N–H and O–H groups in total. The summed E-state index contributed by atoms with van der Waals surface area (Å²) in [6, 6.07) is 6.38.